The lowest BCUT2D eigenvalue weighted by atomic mass is 10.1. The van der Waals surface area contributed by atoms with Crippen molar-refractivity contribution in [2.45, 2.75) is 19.8 Å². The summed E-state index contributed by atoms with van der Waals surface area (Å²) < 4.78 is 0. The number of rotatable bonds is 4. The quantitative estimate of drug-likeness (QED) is 0.820. The number of aromatic nitrogens is 2. The summed E-state index contributed by atoms with van der Waals surface area (Å²) in [6.07, 6.45) is 3.05. The van der Waals surface area contributed by atoms with Gasteiger partial charge in [-0.1, -0.05) is 20.4 Å². The van der Waals surface area contributed by atoms with E-state index in [9.17, 15) is 4.79 Å². The van der Waals surface area contributed by atoms with E-state index in [0.717, 1.165) is 5.56 Å². The number of nitrogens with one attached hydrogen (secondary N) is 1. The van der Waals surface area contributed by atoms with Crippen LogP contribution in [0.2, 0.25) is 0 Å². The van der Waals surface area contributed by atoms with Crippen molar-refractivity contribution >= 4 is 11.8 Å². The molecule has 0 aliphatic carbocycles. The van der Waals surface area contributed by atoms with Crippen LogP contribution in [0.25, 0.3) is 0 Å². The van der Waals surface area contributed by atoms with E-state index in [0.29, 0.717) is 11.6 Å². The minimum absolute atomic E-state index is 0.178. The Bertz CT molecular complexity index is 430. The smallest absolute Gasteiger partial charge is 0.326 e. The second-order valence-electron chi connectivity index (χ2n) is 3.83. The van der Waals surface area contributed by atoms with Crippen LogP contribution >= 0.6 is 0 Å². The van der Waals surface area contributed by atoms with Crippen LogP contribution in [0.3, 0.4) is 0 Å². The Labute approximate surface area is 101 Å². The number of anilines is 1. The van der Waals surface area contributed by atoms with E-state index < -0.39 is 6.03 Å². The Kier molecular flexibility index (Phi) is 4.03. The van der Waals surface area contributed by atoms with Crippen molar-refractivity contribution in [3.63, 3.8) is 0 Å². The van der Waals surface area contributed by atoms with E-state index in [4.69, 9.17) is 5.73 Å². The predicted molar refractivity (Wildman–Crippen MR) is 66.4 cm³/mol. The Morgan fingerprint density at radius 2 is 2.24 bits per heavy atom. The summed E-state index contributed by atoms with van der Waals surface area (Å²) in [7, 11) is 1.66. The molecule has 0 spiro atoms. The van der Waals surface area contributed by atoms with Crippen LogP contribution in [0.1, 0.15) is 25.3 Å². The van der Waals surface area contributed by atoms with Gasteiger partial charge in [-0.05, 0) is 5.92 Å². The molecule has 1 rings (SSSR count). The third-order valence-corrected chi connectivity index (χ3v) is 2.33. The number of primary amides is 1. The summed E-state index contributed by atoms with van der Waals surface area (Å²) in [5.74, 6) is 1.01. The van der Waals surface area contributed by atoms with Gasteiger partial charge >= 0.3 is 6.03 Å². The van der Waals surface area contributed by atoms with E-state index in [1.54, 1.807) is 13.2 Å². The molecule has 1 heterocycles. The topological polar surface area (TPSA) is 84.1 Å². The standard InChI is InChI=1S/C11H17N5O/c1-7(2)9-5-14-6-15-10(9)16(11(12)17)8(3)13-4/h5-7,13H,3H2,1-2,4H3,(H2,12,17). The highest BCUT2D eigenvalue weighted by Crippen LogP contribution is 2.25. The molecule has 92 valence electrons. The first-order valence-electron chi connectivity index (χ1n) is 5.25. The van der Waals surface area contributed by atoms with Gasteiger partial charge in [-0.2, -0.15) is 0 Å². The maximum absolute atomic E-state index is 11.5. The summed E-state index contributed by atoms with van der Waals surface area (Å²) in [6, 6.07) is -0.634. The average molecular weight is 235 g/mol. The van der Waals surface area contributed by atoms with Crippen molar-refractivity contribution in [3.05, 3.63) is 30.5 Å². The molecule has 6 nitrogen and oxygen atoms in total. The van der Waals surface area contributed by atoms with Gasteiger partial charge < -0.3 is 11.1 Å². The largest absolute Gasteiger partial charge is 0.375 e. The van der Waals surface area contributed by atoms with Crippen LogP contribution in [0, 0.1) is 0 Å². The van der Waals surface area contributed by atoms with Crippen molar-refractivity contribution in [3.8, 4) is 0 Å². The van der Waals surface area contributed by atoms with Gasteiger partial charge in [0.2, 0.25) is 0 Å². The number of amides is 2. The minimum Gasteiger partial charge on any atom is -0.375 e. The molecule has 0 aromatic carbocycles. The van der Waals surface area contributed by atoms with Crippen molar-refractivity contribution in [2.24, 2.45) is 5.73 Å². The zero-order valence-corrected chi connectivity index (χ0v) is 10.3. The average Bonchev–Trinajstić information content (AvgIpc) is 2.29. The molecule has 6 heteroatoms. The zero-order valence-electron chi connectivity index (χ0n) is 10.3. The van der Waals surface area contributed by atoms with Crippen molar-refractivity contribution in [2.75, 3.05) is 11.9 Å². The van der Waals surface area contributed by atoms with E-state index in [2.05, 4.69) is 21.9 Å². The highest BCUT2D eigenvalue weighted by atomic mass is 16.2. The van der Waals surface area contributed by atoms with Gasteiger partial charge in [0.05, 0.1) is 0 Å². The highest BCUT2D eigenvalue weighted by molar-refractivity contribution is 5.93. The fraction of sp³-hybridized carbons (Fsp3) is 0.364. The molecule has 2 amide bonds. The zero-order chi connectivity index (χ0) is 13.0. The molecule has 0 saturated heterocycles. The molecule has 0 bridgehead atoms. The summed E-state index contributed by atoms with van der Waals surface area (Å²) in [6.45, 7) is 7.70. The monoisotopic (exact) mass is 235 g/mol. The maximum atomic E-state index is 11.5. The van der Waals surface area contributed by atoms with Gasteiger partial charge in [0.1, 0.15) is 18.0 Å². The fourth-order valence-corrected chi connectivity index (χ4v) is 1.41. The highest BCUT2D eigenvalue weighted by Gasteiger charge is 2.21. The third-order valence-electron chi connectivity index (χ3n) is 2.33. The van der Waals surface area contributed by atoms with Crippen molar-refractivity contribution in [1.29, 1.82) is 0 Å². The molecule has 0 radical (unpaired) electrons. The molecule has 0 saturated carbocycles. The van der Waals surface area contributed by atoms with E-state index in [-0.39, 0.29) is 5.92 Å². The number of carbonyl (C=O) groups is 1. The lowest BCUT2D eigenvalue weighted by molar-refractivity contribution is 0.255. The van der Waals surface area contributed by atoms with Crippen LogP contribution in [0.15, 0.2) is 24.9 Å². The van der Waals surface area contributed by atoms with Crippen LogP contribution in [0.4, 0.5) is 10.6 Å². The van der Waals surface area contributed by atoms with Crippen LogP contribution < -0.4 is 16.0 Å². The summed E-state index contributed by atoms with van der Waals surface area (Å²) >= 11 is 0. The van der Waals surface area contributed by atoms with Gasteiger partial charge in [-0.3, -0.25) is 0 Å². The number of nitrogens with two attached hydrogens (primary N) is 1. The summed E-state index contributed by atoms with van der Waals surface area (Å²) in [5.41, 5.74) is 6.18. The van der Waals surface area contributed by atoms with Gasteiger partial charge in [0.15, 0.2) is 0 Å². The minimum atomic E-state index is -0.634. The molecule has 17 heavy (non-hydrogen) atoms. The summed E-state index contributed by atoms with van der Waals surface area (Å²) in [5, 5.41) is 2.78. The number of nitrogens with zero attached hydrogens (tertiary/aromatic N) is 3. The predicted octanol–water partition coefficient (Wildman–Crippen LogP) is 1.18. The van der Waals surface area contributed by atoms with Gasteiger partial charge in [0, 0.05) is 18.8 Å². The maximum Gasteiger partial charge on any atom is 0.326 e. The van der Waals surface area contributed by atoms with E-state index >= 15 is 0 Å². The SMILES string of the molecule is C=C(NC)N(C(N)=O)c1ncncc1C(C)C. The van der Waals surface area contributed by atoms with Crippen molar-refractivity contribution < 1.29 is 4.79 Å². The molecule has 0 aliphatic rings. The van der Waals surface area contributed by atoms with Crippen molar-refractivity contribution in [1.82, 2.24) is 15.3 Å². The first kappa shape index (κ1) is 13.0. The molecular weight excluding hydrogens is 218 g/mol. The van der Waals surface area contributed by atoms with Crippen LogP contribution in [0.5, 0.6) is 0 Å². The Morgan fingerprint density at radius 3 is 2.71 bits per heavy atom. The lowest BCUT2D eigenvalue weighted by Crippen LogP contribution is -2.40. The lowest BCUT2D eigenvalue weighted by Gasteiger charge is -2.24. The van der Waals surface area contributed by atoms with E-state index in [1.165, 1.54) is 11.2 Å². The van der Waals surface area contributed by atoms with Gasteiger partial charge in [0.25, 0.3) is 0 Å². The fourth-order valence-electron chi connectivity index (χ4n) is 1.41. The number of hydrogen-bond donors (Lipinski definition) is 2. The molecule has 0 aliphatic heterocycles. The van der Waals surface area contributed by atoms with Crippen LogP contribution in [-0.4, -0.2) is 23.0 Å². The van der Waals surface area contributed by atoms with E-state index in [1.807, 2.05) is 13.8 Å². The third kappa shape index (κ3) is 2.72. The molecule has 1 aromatic heterocycles. The Balaban J connectivity index is 3.28. The van der Waals surface area contributed by atoms with Gasteiger partial charge in [-0.15, -0.1) is 0 Å². The Morgan fingerprint density at radius 1 is 1.59 bits per heavy atom. The molecule has 3 N–H and O–H groups in total. The Hall–Kier alpha value is -2.11. The summed E-state index contributed by atoms with van der Waals surface area (Å²) in [4.78, 5) is 20.8. The molecule has 0 atom stereocenters. The molecule has 1 aromatic rings. The van der Waals surface area contributed by atoms with Gasteiger partial charge in [-0.25, -0.2) is 19.7 Å². The molecular formula is C11H17N5O. The molecule has 0 fully saturated rings. The second kappa shape index (κ2) is 5.29. The first-order valence-corrected chi connectivity index (χ1v) is 5.25. The first-order chi connectivity index (χ1) is 7.99. The van der Waals surface area contributed by atoms with Crippen LogP contribution in [-0.2, 0) is 0 Å². The number of urea groups is 1. The second-order valence-corrected chi connectivity index (χ2v) is 3.83. The number of hydrogen-bond acceptors (Lipinski definition) is 4. The normalized spacial score (nSPS) is 10.1. The molecule has 0 unspecified atom stereocenters. The number of carbonyl (C=O) groups excluding carboxylic acids is 1.